The van der Waals surface area contributed by atoms with Crippen molar-refractivity contribution in [3.05, 3.63) is 23.1 Å². The van der Waals surface area contributed by atoms with Crippen molar-refractivity contribution in [2.75, 3.05) is 6.67 Å². The lowest BCUT2D eigenvalue weighted by Gasteiger charge is -2.05. The van der Waals surface area contributed by atoms with E-state index in [1.165, 1.54) is 6.92 Å². The van der Waals surface area contributed by atoms with Crippen molar-refractivity contribution in [1.82, 2.24) is 0 Å². The highest BCUT2D eigenvalue weighted by atomic mass is 19.2. The minimum absolute atomic E-state index is 0.234. The maximum absolute atomic E-state index is 12.9. The lowest BCUT2D eigenvalue weighted by molar-refractivity contribution is 0.333. The molecule has 0 nitrogen and oxygen atoms in total. The summed E-state index contributed by atoms with van der Waals surface area (Å²) in [7, 11) is 0. The zero-order valence-corrected chi connectivity index (χ0v) is 7.88. The van der Waals surface area contributed by atoms with Crippen molar-refractivity contribution in [1.29, 1.82) is 0 Å². The first kappa shape index (κ1) is 13.1. The van der Waals surface area contributed by atoms with E-state index >= 15 is 0 Å². The maximum atomic E-state index is 12.9. The highest BCUT2D eigenvalue weighted by molar-refractivity contribution is 5.31. The van der Waals surface area contributed by atoms with Crippen LogP contribution in [0.15, 0.2) is 23.1 Å². The van der Waals surface area contributed by atoms with Crippen molar-refractivity contribution in [3.8, 4) is 0 Å². The van der Waals surface area contributed by atoms with E-state index in [9.17, 15) is 22.0 Å². The SMILES string of the molecule is CCC(=C(F)CF)C(F)=C(F)C(C)F. The topological polar surface area (TPSA) is 0 Å². The Hall–Kier alpha value is -0.870. The Kier molecular flexibility index (Phi) is 5.42. The summed E-state index contributed by atoms with van der Waals surface area (Å²) in [4.78, 5) is 0. The molecule has 0 spiro atoms. The van der Waals surface area contributed by atoms with Crippen molar-refractivity contribution in [2.24, 2.45) is 0 Å². The molecule has 0 bridgehead atoms. The molecule has 82 valence electrons. The zero-order valence-electron chi connectivity index (χ0n) is 7.88. The number of allylic oxidation sites excluding steroid dienone is 4. The van der Waals surface area contributed by atoms with Crippen LogP contribution in [0.4, 0.5) is 22.0 Å². The molecule has 0 radical (unpaired) electrons. The van der Waals surface area contributed by atoms with Gasteiger partial charge in [-0.15, -0.1) is 0 Å². The van der Waals surface area contributed by atoms with E-state index in [4.69, 9.17) is 0 Å². The van der Waals surface area contributed by atoms with E-state index in [0.717, 1.165) is 6.92 Å². The summed E-state index contributed by atoms with van der Waals surface area (Å²) in [6.07, 6.45) is -2.40. The second-order valence-corrected chi connectivity index (χ2v) is 2.65. The third kappa shape index (κ3) is 3.12. The molecule has 0 aromatic rings. The number of alkyl halides is 2. The molecule has 0 saturated carbocycles. The number of hydrogen-bond acceptors (Lipinski definition) is 0. The van der Waals surface area contributed by atoms with Gasteiger partial charge in [0.2, 0.25) is 0 Å². The first-order valence-corrected chi connectivity index (χ1v) is 4.08. The fourth-order valence-electron chi connectivity index (χ4n) is 0.866. The van der Waals surface area contributed by atoms with E-state index < -0.39 is 35.9 Å². The number of rotatable bonds is 4. The lowest BCUT2D eigenvalue weighted by Crippen LogP contribution is -1.99. The average molecular weight is 214 g/mol. The zero-order chi connectivity index (χ0) is 11.3. The van der Waals surface area contributed by atoms with Crippen molar-refractivity contribution < 1.29 is 22.0 Å². The molecule has 14 heavy (non-hydrogen) atoms. The monoisotopic (exact) mass is 214 g/mol. The van der Waals surface area contributed by atoms with Gasteiger partial charge in [0.25, 0.3) is 0 Å². The summed E-state index contributed by atoms with van der Waals surface area (Å²) >= 11 is 0. The van der Waals surface area contributed by atoms with Crippen molar-refractivity contribution >= 4 is 0 Å². The van der Waals surface area contributed by atoms with Crippen LogP contribution in [0.1, 0.15) is 20.3 Å². The molecule has 0 heterocycles. The lowest BCUT2D eigenvalue weighted by atomic mass is 10.1. The second kappa shape index (κ2) is 5.78. The number of hydrogen-bond donors (Lipinski definition) is 0. The molecular weight excluding hydrogens is 203 g/mol. The Morgan fingerprint density at radius 2 is 1.71 bits per heavy atom. The van der Waals surface area contributed by atoms with E-state index in [-0.39, 0.29) is 6.42 Å². The first-order valence-electron chi connectivity index (χ1n) is 4.08. The van der Waals surface area contributed by atoms with Gasteiger partial charge in [-0.2, -0.15) is 0 Å². The van der Waals surface area contributed by atoms with E-state index in [1.807, 2.05) is 0 Å². The van der Waals surface area contributed by atoms with Gasteiger partial charge in [-0.25, -0.2) is 22.0 Å². The molecule has 0 N–H and O–H groups in total. The van der Waals surface area contributed by atoms with Crippen LogP contribution in [0.3, 0.4) is 0 Å². The summed E-state index contributed by atoms with van der Waals surface area (Å²) in [6, 6.07) is 0. The largest absolute Gasteiger partial charge is 0.243 e. The summed E-state index contributed by atoms with van der Waals surface area (Å²) in [5.74, 6) is -4.75. The molecule has 0 aliphatic rings. The summed E-state index contributed by atoms with van der Waals surface area (Å²) < 4.78 is 62.3. The second-order valence-electron chi connectivity index (χ2n) is 2.65. The Labute approximate surface area is 79.1 Å². The van der Waals surface area contributed by atoms with Crippen LogP contribution in [-0.4, -0.2) is 12.8 Å². The molecule has 1 atom stereocenters. The summed E-state index contributed by atoms with van der Waals surface area (Å²) in [6.45, 7) is 0.570. The standard InChI is InChI=1S/C9H11F5/c1-3-6(7(12)4-10)9(14)8(13)5(2)11/h5H,3-4H2,1-2H3. The molecule has 0 amide bonds. The third-order valence-corrected chi connectivity index (χ3v) is 1.62. The van der Waals surface area contributed by atoms with Gasteiger partial charge < -0.3 is 0 Å². The Morgan fingerprint density at radius 3 is 2.00 bits per heavy atom. The van der Waals surface area contributed by atoms with Gasteiger partial charge >= 0.3 is 0 Å². The van der Waals surface area contributed by atoms with Crippen LogP contribution < -0.4 is 0 Å². The fraction of sp³-hybridized carbons (Fsp3) is 0.556. The van der Waals surface area contributed by atoms with E-state index in [2.05, 4.69) is 0 Å². The summed E-state index contributed by atoms with van der Waals surface area (Å²) in [5, 5.41) is 0. The van der Waals surface area contributed by atoms with Crippen LogP contribution in [0.25, 0.3) is 0 Å². The van der Waals surface area contributed by atoms with Crippen molar-refractivity contribution in [2.45, 2.75) is 26.4 Å². The normalized spacial score (nSPS) is 17.4. The molecule has 0 aliphatic carbocycles. The van der Waals surface area contributed by atoms with Crippen LogP contribution in [0.2, 0.25) is 0 Å². The Bertz CT molecular complexity index is 252. The molecule has 0 rings (SSSR count). The highest BCUT2D eigenvalue weighted by Gasteiger charge is 2.19. The van der Waals surface area contributed by atoms with Crippen molar-refractivity contribution in [3.63, 3.8) is 0 Å². The fourth-order valence-corrected chi connectivity index (χ4v) is 0.866. The maximum Gasteiger partial charge on any atom is 0.170 e. The molecule has 0 aliphatic heterocycles. The highest BCUT2D eigenvalue weighted by Crippen LogP contribution is 2.27. The smallest absolute Gasteiger partial charge is 0.170 e. The van der Waals surface area contributed by atoms with Gasteiger partial charge in [0.05, 0.1) is 0 Å². The molecule has 0 fully saturated rings. The predicted molar refractivity (Wildman–Crippen MR) is 44.2 cm³/mol. The minimum atomic E-state index is -2.16. The van der Waals surface area contributed by atoms with Gasteiger partial charge in [-0.05, 0) is 13.3 Å². The average Bonchev–Trinajstić information content (AvgIpc) is 2.16. The molecule has 0 saturated heterocycles. The van der Waals surface area contributed by atoms with Gasteiger partial charge in [0, 0.05) is 5.57 Å². The molecule has 1 unspecified atom stereocenters. The van der Waals surface area contributed by atoms with E-state index in [0.29, 0.717) is 0 Å². The molecule has 0 aromatic carbocycles. The minimum Gasteiger partial charge on any atom is -0.243 e. The third-order valence-electron chi connectivity index (χ3n) is 1.62. The Balaban J connectivity index is 5.17. The molecular formula is C9H11F5. The number of halogens is 5. The molecule has 0 aromatic heterocycles. The van der Waals surface area contributed by atoms with Crippen LogP contribution in [-0.2, 0) is 0 Å². The van der Waals surface area contributed by atoms with Crippen LogP contribution >= 0.6 is 0 Å². The van der Waals surface area contributed by atoms with Crippen LogP contribution in [0.5, 0.6) is 0 Å². The quantitative estimate of drug-likeness (QED) is 0.488. The van der Waals surface area contributed by atoms with Gasteiger partial charge in [0.1, 0.15) is 12.5 Å². The first-order chi connectivity index (χ1) is 6.45. The van der Waals surface area contributed by atoms with Gasteiger partial charge in [-0.1, -0.05) is 6.92 Å². The van der Waals surface area contributed by atoms with Gasteiger partial charge in [-0.3, -0.25) is 0 Å². The van der Waals surface area contributed by atoms with E-state index in [1.54, 1.807) is 0 Å². The molecule has 5 heteroatoms. The Morgan fingerprint density at radius 1 is 1.21 bits per heavy atom. The van der Waals surface area contributed by atoms with Gasteiger partial charge in [0.15, 0.2) is 17.8 Å². The predicted octanol–water partition coefficient (Wildman–Crippen LogP) is 4.10. The summed E-state index contributed by atoms with van der Waals surface area (Å²) in [5.41, 5.74) is -0.755. The van der Waals surface area contributed by atoms with Crippen LogP contribution in [0, 0.1) is 0 Å².